The van der Waals surface area contributed by atoms with Gasteiger partial charge in [-0.1, -0.05) is 13.8 Å². The van der Waals surface area contributed by atoms with Crippen molar-refractivity contribution in [2.24, 2.45) is 5.73 Å². The molecule has 0 aromatic heterocycles. The third kappa shape index (κ3) is 6.80. The maximum Gasteiger partial charge on any atom is 0.0921 e. The first kappa shape index (κ1) is 15.4. The Hall–Kier alpha value is -0.610. The van der Waals surface area contributed by atoms with Gasteiger partial charge in [-0.05, 0) is 46.6 Å². The maximum absolute atomic E-state index is 7.38. The van der Waals surface area contributed by atoms with E-state index >= 15 is 0 Å². The van der Waals surface area contributed by atoms with Gasteiger partial charge < -0.3 is 15.5 Å². The molecule has 96 valence electrons. The molecule has 4 nitrogen and oxygen atoms in total. The Balaban J connectivity index is 4.06. The van der Waals surface area contributed by atoms with Crippen molar-refractivity contribution in [2.75, 3.05) is 33.7 Å². The summed E-state index contributed by atoms with van der Waals surface area (Å²) in [6.07, 6.45) is 2.94. The molecule has 0 saturated carbocycles. The average molecular weight is 228 g/mol. The number of rotatable bonds is 9. The van der Waals surface area contributed by atoms with Gasteiger partial charge in [0.05, 0.1) is 5.84 Å². The summed E-state index contributed by atoms with van der Waals surface area (Å²) >= 11 is 0. The molecule has 0 aliphatic rings. The fourth-order valence-corrected chi connectivity index (χ4v) is 1.97. The van der Waals surface area contributed by atoms with E-state index in [-0.39, 0.29) is 0 Å². The highest BCUT2D eigenvalue weighted by atomic mass is 15.2. The first-order valence-electron chi connectivity index (χ1n) is 6.22. The van der Waals surface area contributed by atoms with Crippen molar-refractivity contribution in [1.82, 2.24) is 9.80 Å². The second-order valence-corrected chi connectivity index (χ2v) is 4.58. The van der Waals surface area contributed by atoms with Crippen molar-refractivity contribution >= 4 is 5.84 Å². The molecule has 0 saturated heterocycles. The van der Waals surface area contributed by atoms with Gasteiger partial charge in [0.25, 0.3) is 0 Å². The van der Waals surface area contributed by atoms with Crippen molar-refractivity contribution in [3.63, 3.8) is 0 Å². The molecular weight excluding hydrogens is 200 g/mol. The quantitative estimate of drug-likeness (QED) is 0.463. The third-order valence-electron chi connectivity index (χ3n) is 2.90. The van der Waals surface area contributed by atoms with Crippen LogP contribution in [0.4, 0.5) is 0 Å². The molecule has 0 aliphatic heterocycles. The first-order chi connectivity index (χ1) is 7.51. The molecular formula is C12H28N4. The molecule has 0 aromatic carbocycles. The number of amidine groups is 1. The third-order valence-corrected chi connectivity index (χ3v) is 2.90. The molecule has 0 aromatic rings. The number of hydrogen-bond donors (Lipinski definition) is 2. The minimum atomic E-state index is 0.304. The summed E-state index contributed by atoms with van der Waals surface area (Å²) in [4.78, 5) is 4.64. The minimum Gasteiger partial charge on any atom is -0.388 e. The molecule has 0 aliphatic carbocycles. The van der Waals surface area contributed by atoms with Crippen LogP contribution in [-0.4, -0.2) is 55.4 Å². The Morgan fingerprint density at radius 2 is 1.88 bits per heavy atom. The topological polar surface area (TPSA) is 56.4 Å². The molecule has 0 amide bonds. The highest BCUT2D eigenvalue weighted by Gasteiger charge is 2.15. The van der Waals surface area contributed by atoms with Gasteiger partial charge in [0.1, 0.15) is 0 Å². The van der Waals surface area contributed by atoms with Crippen LogP contribution in [0.25, 0.3) is 0 Å². The van der Waals surface area contributed by atoms with E-state index in [4.69, 9.17) is 11.1 Å². The number of nitrogens with one attached hydrogen (secondary N) is 1. The van der Waals surface area contributed by atoms with Crippen LogP contribution in [0.5, 0.6) is 0 Å². The van der Waals surface area contributed by atoms with Gasteiger partial charge in [-0.3, -0.25) is 5.41 Å². The predicted molar refractivity (Wildman–Crippen MR) is 71.0 cm³/mol. The number of hydrogen-bond acceptors (Lipinski definition) is 3. The van der Waals surface area contributed by atoms with Gasteiger partial charge in [-0.2, -0.15) is 0 Å². The lowest BCUT2D eigenvalue weighted by atomic mass is 10.1. The van der Waals surface area contributed by atoms with E-state index in [1.54, 1.807) is 0 Å². The van der Waals surface area contributed by atoms with Crippen LogP contribution < -0.4 is 5.73 Å². The van der Waals surface area contributed by atoms with Gasteiger partial charge >= 0.3 is 0 Å². The zero-order chi connectivity index (χ0) is 12.6. The summed E-state index contributed by atoms with van der Waals surface area (Å²) in [5.41, 5.74) is 5.49. The zero-order valence-corrected chi connectivity index (χ0v) is 11.3. The average Bonchev–Trinajstić information content (AvgIpc) is 2.21. The second kappa shape index (κ2) is 8.53. The minimum absolute atomic E-state index is 0.304. The smallest absolute Gasteiger partial charge is 0.0921 e. The molecule has 0 spiro atoms. The standard InChI is InChI=1S/C12H28N4/c1-5-11(10-12(13)14)16(6-2)9-7-8-15(3)4/h11H,5-10H2,1-4H3,(H3,13,14). The number of nitrogens with two attached hydrogens (primary N) is 1. The Labute approximate surface area is 100 Å². The molecule has 1 unspecified atom stereocenters. The van der Waals surface area contributed by atoms with E-state index in [1.807, 2.05) is 0 Å². The highest BCUT2D eigenvalue weighted by molar-refractivity contribution is 5.77. The Bertz CT molecular complexity index is 191. The molecule has 1 atom stereocenters. The molecule has 0 rings (SSSR count). The van der Waals surface area contributed by atoms with Gasteiger partial charge in [0, 0.05) is 12.5 Å². The van der Waals surface area contributed by atoms with Crippen LogP contribution in [0.1, 0.15) is 33.1 Å². The molecule has 0 radical (unpaired) electrons. The fraction of sp³-hybridized carbons (Fsp3) is 0.917. The summed E-state index contributed by atoms with van der Waals surface area (Å²) in [6, 6.07) is 0.435. The van der Waals surface area contributed by atoms with Crippen LogP contribution in [0.2, 0.25) is 0 Å². The fourth-order valence-electron chi connectivity index (χ4n) is 1.97. The van der Waals surface area contributed by atoms with Gasteiger partial charge in [0.15, 0.2) is 0 Å². The summed E-state index contributed by atoms with van der Waals surface area (Å²) in [6.45, 7) is 7.60. The molecule has 0 fully saturated rings. The lowest BCUT2D eigenvalue weighted by Gasteiger charge is -2.30. The summed E-state index contributed by atoms with van der Waals surface area (Å²) < 4.78 is 0. The normalized spacial score (nSPS) is 13.4. The maximum atomic E-state index is 7.38. The van der Waals surface area contributed by atoms with Crippen LogP contribution in [0.3, 0.4) is 0 Å². The summed E-state index contributed by atoms with van der Waals surface area (Å²) in [5.74, 6) is 0.304. The van der Waals surface area contributed by atoms with E-state index in [2.05, 4.69) is 37.7 Å². The van der Waals surface area contributed by atoms with E-state index in [9.17, 15) is 0 Å². The van der Waals surface area contributed by atoms with Gasteiger partial charge in [0.2, 0.25) is 0 Å². The van der Waals surface area contributed by atoms with Crippen molar-refractivity contribution < 1.29 is 0 Å². The SMILES string of the molecule is CCC(CC(=N)N)N(CC)CCCN(C)C. The van der Waals surface area contributed by atoms with Crippen molar-refractivity contribution in [3.8, 4) is 0 Å². The Morgan fingerprint density at radius 1 is 1.25 bits per heavy atom. The summed E-state index contributed by atoms with van der Waals surface area (Å²) in [5, 5.41) is 7.38. The molecule has 16 heavy (non-hydrogen) atoms. The van der Waals surface area contributed by atoms with Gasteiger partial charge in [-0.25, -0.2) is 0 Å². The van der Waals surface area contributed by atoms with Crippen LogP contribution in [-0.2, 0) is 0 Å². The van der Waals surface area contributed by atoms with Crippen molar-refractivity contribution in [3.05, 3.63) is 0 Å². The molecule has 3 N–H and O–H groups in total. The van der Waals surface area contributed by atoms with Crippen molar-refractivity contribution in [2.45, 2.75) is 39.2 Å². The highest BCUT2D eigenvalue weighted by Crippen LogP contribution is 2.09. The molecule has 0 bridgehead atoms. The van der Waals surface area contributed by atoms with Crippen molar-refractivity contribution in [1.29, 1.82) is 5.41 Å². The number of nitrogens with zero attached hydrogens (tertiary/aromatic N) is 2. The lowest BCUT2D eigenvalue weighted by molar-refractivity contribution is 0.195. The van der Waals surface area contributed by atoms with Crippen LogP contribution in [0.15, 0.2) is 0 Å². The molecule has 4 heteroatoms. The van der Waals surface area contributed by atoms with E-state index in [0.717, 1.165) is 26.1 Å². The Kier molecular flexibility index (Phi) is 8.21. The summed E-state index contributed by atoms with van der Waals surface area (Å²) in [7, 11) is 4.20. The first-order valence-corrected chi connectivity index (χ1v) is 6.22. The zero-order valence-electron chi connectivity index (χ0n) is 11.3. The molecule has 0 heterocycles. The monoisotopic (exact) mass is 228 g/mol. The van der Waals surface area contributed by atoms with Crippen LogP contribution >= 0.6 is 0 Å². The van der Waals surface area contributed by atoms with Crippen LogP contribution in [0, 0.1) is 5.41 Å². The van der Waals surface area contributed by atoms with E-state index in [1.165, 1.54) is 6.42 Å². The predicted octanol–water partition coefficient (Wildman–Crippen LogP) is 1.36. The largest absolute Gasteiger partial charge is 0.388 e. The second-order valence-electron chi connectivity index (χ2n) is 4.58. The van der Waals surface area contributed by atoms with E-state index < -0.39 is 0 Å². The van der Waals surface area contributed by atoms with Gasteiger partial charge in [-0.15, -0.1) is 0 Å². The van der Waals surface area contributed by atoms with E-state index in [0.29, 0.717) is 18.3 Å². The Morgan fingerprint density at radius 3 is 2.25 bits per heavy atom. The lowest BCUT2D eigenvalue weighted by Crippen LogP contribution is -2.39.